The third-order valence-electron chi connectivity index (χ3n) is 5.20. The molecule has 1 aromatic carbocycles. The molecule has 2 aromatic rings. The molecule has 1 amide bonds. The summed E-state index contributed by atoms with van der Waals surface area (Å²) in [6.45, 7) is 1.88. The number of benzene rings is 1. The summed E-state index contributed by atoms with van der Waals surface area (Å²) in [5.41, 5.74) is 1.51. The fourth-order valence-electron chi connectivity index (χ4n) is 4.08. The van der Waals surface area contributed by atoms with Gasteiger partial charge in [-0.3, -0.25) is 9.59 Å². The summed E-state index contributed by atoms with van der Waals surface area (Å²) in [4.78, 5) is 24.3. The van der Waals surface area contributed by atoms with Gasteiger partial charge in [0.2, 0.25) is 5.91 Å². The van der Waals surface area contributed by atoms with Crippen molar-refractivity contribution in [2.75, 3.05) is 5.32 Å². The first-order valence-electron chi connectivity index (χ1n) is 8.42. The second-order valence-electron chi connectivity index (χ2n) is 6.82. The highest BCUT2D eigenvalue weighted by Crippen LogP contribution is 2.48. The summed E-state index contributed by atoms with van der Waals surface area (Å²) in [6.07, 6.45) is 4.67. The van der Waals surface area contributed by atoms with Crippen LogP contribution in [0.2, 0.25) is 0 Å². The number of amides is 1. The van der Waals surface area contributed by atoms with E-state index in [2.05, 4.69) is 5.32 Å². The minimum Gasteiger partial charge on any atom is -0.481 e. The third-order valence-corrected chi connectivity index (χ3v) is 5.20. The molecule has 4 rings (SSSR count). The van der Waals surface area contributed by atoms with Crippen molar-refractivity contribution in [2.45, 2.75) is 13.3 Å². The van der Waals surface area contributed by atoms with E-state index in [1.54, 1.807) is 6.07 Å². The van der Waals surface area contributed by atoms with Gasteiger partial charge in [0.1, 0.15) is 11.5 Å². The maximum Gasteiger partial charge on any atom is 0.307 e. The zero-order valence-electron chi connectivity index (χ0n) is 13.8. The number of furan rings is 1. The Morgan fingerprint density at radius 1 is 1.12 bits per heavy atom. The number of carbonyl (C=O) groups excluding carboxylic acids is 1. The highest BCUT2D eigenvalue weighted by molar-refractivity contribution is 5.96. The maximum absolute atomic E-state index is 12.7. The van der Waals surface area contributed by atoms with E-state index in [0.29, 0.717) is 5.69 Å². The first-order chi connectivity index (χ1) is 12.0. The monoisotopic (exact) mass is 337 g/mol. The zero-order valence-corrected chi connectivity index (χ0v) is 13.8. The van der Waals surface area contributed by atoms with E-state index in [9.17, 15) is 14.7 Å². The number of aryl methyl sites for hydroxylation is 1. The SMILES string of the molecule is Cc1ccc(-c2cccc(NC(=O)[C@@H]3[C@H](C(=O)O)[C@H]4C=C[C@H]3C4)c2)o1. The quantitative estimate of drug-likeness (QED) is 0.834. The van der Waals surface area contributed by atoms with Crippen LogP contribution in [0.5, 0.6) is 0 Å². The molecule has 2 bridgehead atoms. The van der Waals surface area contributed by atoms with Gasteiger partial charge in [-0.2, -0.15) is 0 Å². The summed E-state index contributed by atoms with van der Waals surface area (Å²) in [5, 5.41) is 12.4. The van der Waals surface area contributed by atoms with Gasteiger partial charge >= 0.3 is 5.97 Å². The molecule has 2 aliphatic carbocycles. The Morgan fingerprint density at radius 3 is 2.56 bits per heavy atom. The molecule has 0 spiro atoms. The highest BCUT2D eigenvalue weighted by Gasteiger charge is 2.51. The number of nitrogens with one attached hydrogen (secondary N) is 1. The lowest BCUT2D eigenvalue weighted by Gasteiger charge is -2.23. The number of anilines is 1. The van der Waals surface area contributed by atoms with Crippen molar-refractivity contribution >= 4 is 17.6 Å². The van der Waals surface area contributed by atoms with E-state index in [0.717, 1.165) is 23.5 Å². The van der Waals surface area contributed by atoms with Crippen molar-refractivity contribution in [2.24, 2.45) is 23.7 Å². The molecule has 0 saturated heterocycles. The van der Waals surface area contributed by atoms with Crippen LogP contribution in [-0.2, 0) is 9.59 Å². The predicted octanol–water partition coefficient (Wildman–Crippen LogP) is 3.72. The Kier molecular flexibility index (Phi) is 3.71. The predicted molar refractivity (Wildman–Crippen MR) is 92.9 cm³/mol. The van der Waals surface area contributed by atoms with Gasteiger partial charge in [-0.1, -0.05) is 24.3 Å². The number of carbonyl (C=O) groups is 2. The fourth-order valence-corrected chi connectivity index (χ4v) is 4.08. The molecular formula is C20H19NO4. The zero-order chi connectivity index (χ0) is 17.6. The smallest absolute Gasteiger partial charge is 0.307 e. The van der Waals surface area contributed by atoms with Crippen molar-refractivity contribution in [1.29, 1.82) is 0 Å². The largest absolute Gasteiger partial charge is 0.481 e. The molecule has 0 aliphatic heterocycles. The van der Waals surface area contributed by atoms with Crippen LogP contribution in [0.25, 0.3) is 11.3 Å². The van der Waals surface area contributed by atoms with Crippen molar-refractivity contribution < 1.29 is 19.1 Å². The minimum atomic E-state index is -0.892. The lowest BCUT2D eigenvalue weighted by Crippen LogP contribution is -2.36. The van der Waals surface area contributed by atoms with Gasteiger partial charge in [0.15, 0.2) is 0 Å². The average molecular weight is 337 g/mol. The Morgan fingerprint density at radius 2 is 1.88 bits per heavy atom. The van der Waals surface area contributed by atoms with Crippen LogP contribution in [0, 0.1) is 30.6 Å². The lowest BCUT2D eigenvalue weighted by molar-refractivity contribution is -0.146. The van der Waals surface area contributed by atoms with E-state index in [1.165, 1.54) is 0 Å². The molecule has 0 radical (unpaired) electrons. The fraction of sp³-hybridized carbons (Fsp3) is 0.300. The van der Waals surface area contributed by atoms with E-state index < -0.39 is 17.8 Å². The van der Waals surface area contributed by atoms with Gasteiger partial charge in [0.25, 0.3) is 0 Å². The van der Waals surface area contributed by atoms with Gasteiger partial charge in [0.05, 0.1) is 11.8 Å². The van der Waals surface area contributed by atoms with E-state index in [4.69, 9.17) is 4.42 Å². The maximum atomic E-state index is 12.7. The molecule has 5 heteroatoms. The minimum absolute atomic E-state index is 0.0157. The molecule has 128 valence electrons. The normalized spacial score (nSPS) is 26.8. The molecule has 0 unspecified atom stereocenters. The highest BCUT2D eigenvalue weighted by atomic mass is 16.4. The van der Waals surface area contributed by atoms with Crippen molar-refractivity contribution in [3.05, 3.63) is 54.3 Å². The van der Waals surface area contributed by atoms with Crippen molar-refractivity contribution in [3.63, 3.8) is 0 Å². The van der Waals surface area contributed by atoms with Crippen LogP contribution < -0.4 is 5.32 Å². The molecule has 1 saturated carbocycles. The number of hydrogen-bond donors (Lipinski definition) is 2. The second kappa shape index (κ2) is 5.92. The Bertz CT molecular complexity index is 866. The van der Waals surface area contributed by atoms with Gasteiger partial charge in [0, 0.05) is 11.3 Å². The number of carboxylic acid groups (broad SMARTS) is 1. The molecule has 1 aromatic heterocycles. The second-order valence-corrected chi connectivity index (χ2v) is 6.82. The standard InChI is InChI=1S/C20H19NO4/c1-11-5-8-16(25-11)12-3-2-4-15(10-12)21-19(22)17-13-6-7-14(9-13)18(17)20(23)24/h2-8,10,13-14,17-18H,9H2,1H3,(H,21,22)(H,23,24)/t13-,14-,17-,18+/m0/s1. The van der Waals surface area contributed by atoms with Crippen LogP contribution in [0.15, 0.2) is 53.0 Å². The van der Waals surface area contributed by atoms with Crippen LogP contribution in [0.3, 0.4) is 0 Å². The molecule has 5 nitrogen and oxygen atoms in total. The molecule has 25 heavy (non-hydrogen) atoms. The summed E-state index contributed by atoms with van der Waals surface area (Å²) in [6, 6.07) is 11.2. The van der Waals surface area contributed by atoms with Crippen LogP contribution >= 0.6 is 0 Å². The van der Waals surface area contributed by atoms with E-state index in [1.807, 2.05) is 49.4 Å². The van der Waals surface area contributed by atoms with Gasteiger partial charge in [-0.25, -0.2) is 0 Å². The van der Waals surface area contributed by atoms with Crippen LogP contribution in [0.4, 0.5) is 5.69 Å². The first kappa shape index (κ1) is 15.7. The Labute approximate surface area is 145 Å². The summed E-state index contributed by atoms with van der Waals surface area (Å²) in [5.74, 6) is -0.721. The molecule has 2 N–H and O–H groups in total. The number of rotatable bonds is 4. The van der Waals surface area contributed by atoms with E-state index in [-0.39, 0.29) is 17.7 Å². The average Bonchev–Trinajstić information content (AvgIpc) is 3.30. The van der Waals surface area contributed by atoms with Gasteiger partial charge < -0.3 is 14.8 Å². The number of carboxylic acids is 1. The summed E-state index contributed by atoms with van der Waals surface area (Å²) >= 11 is 0. The number of fused-ring (bicyclic) bond motifs is 2. The van der Waals surface area contributed by atoms with Crippen LogP contribution in [-0.4, -0.2) is 17.0 Å². The summed E-state index contributed by atoms with van der Waals surface area (Å²) < 4.78 is 5.62. The van der Waals surface area contributed by atoms with Gasteiger partial charge in [-0.15, -0.1) is 0 Å². The molecule has 4 atom stereocenters. The lowest BCUT2D eigenvalue weighted by atomic mass is 9.82. The number of hydrogen-bond acceptors (Lipinski definition) is 3. The van der Waals surface area contributed by atoms with Gasteiger partial charge in [-0.05, 0) is 49.4 Å². The summed E-state index contributed by atoms with van der Waals surface area (Å²) in [7, 11) is 0. The Balaban J connectivity index is 1.55. The topological polar surface area (TPSA) is 79.5 Å². The Hall–Kier alpha value is -2.82. The molecule has 2 aliphatic rings. The first-order valence-corrected chi connectivity index (χ1v) is 8.42. The third kappa shape index (κ3) is 2.76. The molecular weight excluding hydrogens is 318 g/mol. The van der Waals surface area contributed by atoms with Crippen molar-refractivity contribution in [3.8, 4) is 11.3 Å². The van der Waals surface area contributed by atoms with Crippen molar-refractivity contribution in [1.82, 2.24) is 0 Å². The van der Waals surface area contributed by atoms with Crippen LogP contribution in [0.1, 0.15) is 12.2 Å². The molecule has 1 fully saturated rings. The molecule has 1 heterocycles. The number of allylic oxidation sites excluding steroid dienone is 2. The van der Waals surface area contributed by atoms with E-state index >= 15 is 0 Å². The number of aliphatic carboxylic acids is 1.